The van der Waals surface area contributed by atoms with Crippen LogP contribution in [0.15, 0.2) is 18.2 Å². The molecule has 1 fully saturated rings. The van der Waals surface area contributed by atoms with Crippen LogP contribution in [0.3, 0.4) is 0 Å². The van der Waals surface area contributed by atoms with E-state index in [1.165, 1.54) is 23.1 Å². The lowest BCUT2D eigenvalue weighted by atomic mass is 9.74. The summed E-state index contributed by atoms with van der Waals surface area (Å²) in [7, 11) is 1.81. The van der Waals surface area contributed by atoms with Crippen LogP contribution >= 0.6 is 0 Å². The monoisotopic (exact) mass is 248 g/mol. The minimum atomic E-state index is 0.0375. The highest BCUT2D eigenvalue weighted by molar-refractivity contribution is 5.32. The van der Waals surface area contributed by atoms with Crippen molar-refractivity contribution in [3.05, 3.63) is 34.9 Å². The Labute approximate surface area is 110 Å². The van der Waals surface area contributed by atoms with Crippen LogP contribution in [0, 0.1) is 13.8 Å². The van der Waals surface area contributed by atoms with Gasteiger partial charge < -0.3 is 4.74 Å². The summed E-state index contributed by atoms with van der Waals surface area (Å²) in [5.74, 6) is 5.73. The lowest BCUT2D eigenvalue weighted by Gasteiger charge is -2.42. The minimum Gasteiger partial charge on any atom is -0.378 e. The topological polar surface area (TPSA) is 47.3 Å². The van der Waals surface area contributed by atoms with Gasteiger partial charge in [-0.2, -0.15) is 0 Å². The number of methoxy groups -OCH3 is 1. The molecule has 0 amide bonds. The number of ether oxygens (including phenoxy) is 1. The van der Waals surface area contributed by atoms with Crippen molar-refractivity contribution >= 4 is 0 Å². The molecule has 3 heteroatoms. The van der Waals surface area contributed by atoms with E-state index in [1.54, 1.807) is 0 Å². The summed E-state index contributed by atoms with van der Waals surface area (Å²) in [5.41, 5.74) is 6.87. The van der Waals surface area contributed by atoms with Gasteiger partial charge in [0.05, 0.1) is 5.60 Å². The molecule has 1 unspecified atom stereocenters. The van der Waals surface area contributed by atoms with Gasteiger partial charge in [-0.3, -0.25) is 11.3 Å². The number of aryl methyl sites for hydroxylation is 2. The second-order valence-electron chi connectivity index (χ2n) is 5.51. The Kier molecular flexibility index (Phi) is 4.05. The van der Waals surface area contributed by atoms with Crippen LogP contribution in [0.2, 0.25) is 0 Å². The first-order valence-corrected chi connectivity index (χ1v) is 6.69. The van der Waals surface area contributed by atoms with Crippen LogP contribution in [0.1, 0.15) is 48.4 Å². The number of nitrogens with two attached hydrogens (primary N) is 1. The van der Waals surface area contributed by atoms with E-state index in [1.807, 2.05) is 7.11 Å². The van der Waals surface area contributed by atoms with Crippen molar-refractivity contribution in [3.63, 3.8) is 0 Å². The molecule has 1 aromatic carbocycles. The maximum absolute atomic E-state index is 5.73. The van der Waals surface area contributed by atoms with Crippen molar-refractivity contribution in [2.24, 2.45) is 5.84 Å². The standard InChI is InChI=1S/C15H24N2O/c1-11-5-6-13(9-12(11)2)14(17-16)10-15(18-3)7-4-8-15/h5-6,9,14,17H,4,7-8,10,16H2,1-3H3. The summed E-state index contributed by atoms with van der Waals surface area (Å²) < 4.78 is 5.69. The molecule has 0 aliphatic heterocycles. The smallest absolute Gasteiger partial charge is 0.0697 e. The average molecular weight is 248 g/mol. The zero-order valence-electron chi connectivity index (χ0n) is 11.6. The van der Waals surface area contributed by atoms with E-state index in [9.17, 15) is 0 Å². The Bertz CT molecular complexity index is 407. The highest BCUT2D eigenvalue weighted by Gasteiger charge is 2.39. The number of hydrogen-bond donors (Lipinski definition) is 2. The highest BCUT2D eigenvalue weighted by atomic mass is 16.5. The molecule has 1 atom stereocenters. The minimum absolute atomic E-state index is 0.0375. The third-order valence-corrected chi connectivity index (χ3v) is 4.41. The van der Waals surface area contributed by atoms with Crippen LogP contribution in [0.5, 0.6) is 0 Å². The Hall–Kier alpha value is -0.900. The molecule has 3 nitrogen and oxygen atoms in total. The first kappa shape index (κ1) is 13.5. The molecule has 0 spiro atoms. The van der Waals surface area contributed by atoms with Crippen molar-refractivity contribution in [2.75, 3.05) is 7.11 Å². The lowest BCUT2D eigenvalue weighted by Crippen LogP contribution is -2.44. The molecule has 0 bridgehead atoms. The second kappa shape index (κ2) is 5.39. The van der Waals surface area contributed by atoms with E-state index in [0.717, 1.165) is 19.3 Å². The molecule has 1 saturated carbocycles. The van der Waals surface area contributed by atoms with Crippen LogP contribution in [-0.4, -0.2) is 12.7 Å². The van der Waals surface area contributed by atoms with Gasteiger partial charge in [-0.25, -0.2) is 0 Å². The quantitative estimate of drug-likeness (QED) is 0.622. The van der Waals surface area contributed by atoms with Crippen molar-refractivity contribution in [2.45, 2.75) is 51.2 Å². The summed E-state index contributed by atoms with van der Waals surface area (Å²) in [5, 5.41) is 0. The zero-order chi connectivity index (χ0) is 13.2. The summed E-state index contributed by atoms with van der Waals surface area (Å²) in [6.07, 6.45) is 4.50. The normalized spacial score (nSPS) is 19.3. The molecule has 0 radical (unpaired) electrons. The van der Waals surface area contributed by atoms with Gasteiger partial charge in [0, 0.05) is 13.2 Å². The Balaban J connectivity index is 2.14. The molecule has 0 saturated heterocycles. The summed E-state index contributed by atoms with van der Waals surface area (Å²) >= 11 is 0. The predicted octanol–water partition coefficient (Wildman–Crippen LogP) is 2.77. The van der Waals surface area contributed by atoms with Gasteiger partial charge in [0.1, 0.15) is 0 Å². The fourth-order valence-electron chi connectivity index (χ4n) is 2.69. The van der Waals surface area contributed by atoms with Crippen LogP contribution in [0.25, 0.3) is 0 Å². The zero-order valence-corrected chi connectivity index (χ0v) is 11.6. The van der Waals surface area contributed by atoms with E-state index in [0.29, 0.717) is 0 Å². The van der Waals surface area contributed by atoms with E-state index >= 15 is 0 Å². The largest absolute Gasteiger partial charge is 0.378 e. The first-order valence-electron chi connectivity index (χ1n) is 6.69. The molecule has 0 heterocycles. The van der Waals surface area contributed by atoms with Crippen LogP contribution in [0.4, 0.5) is 0 Å². The molecule has 2 rings (SSSR count). The van der Waals surface area contributed by atoms with Crippen molar-refractivity contribution in [1.29, 1.82) is 0 Å². The SMILES string of the molecule is COC1(CC(NN)c2ccc(C)c(C)c2)CCC1. The molecule has 0 aromatic heterocycles. The lowest BCUT2D eigenvalue weighted by molar-refractivity contribution is -0.0838. The van der Waals surface area contributed by atoms with Gasteiger partial charge in [-0.05, 0) is 56.2 Å². The summed E-state index contributed by atoms with van der Waals surface area (Å²) in [6, 6.07) is 6.72. The molecule has 1 aliphatic rings. The maximum Gasteiger partial charge on any atom is 0.0697 e. The van der Waals surface area contributed by atoms with E-state index in [2.05, 4.69) is 37.5 Å². The van der Waals surface area contributed by atoms with Crippen LogP contribution in [-0.2, 0) is 4.74 Å². The molecule has 1 aliphatic carbocycles. The highest BCUT2D eigenvalue weighted by Crippen LogP contribution is 2.41. The maximum atomic E-state index is 5.73. The summed E-state index contributed by atoms with van der Waals surface area (Å²) in [6.45, 7) is 4.27. The number of hydrogen-bond acceptors (Lipinski definition) is 3. The van der Waals surface area contributed by atoms with Crippen LogP contribution < -0.4 is 11.3 Å². The predicted molar refractivity (Wildman–Crippen MR) is 74.2 cm³/mol. The Morgan fingerprint density at radius 3 is 2.50 bits per heavy atom. The number of hydrazine groups is 1. The molecule has 1 aromatic rings. The molecular weight excluding hydrogens is 224 g/mol. The fourth-order valence-corrected chi connectivity index (χ4v) is 2.69. The summed E-state index contributed by atoms with van der Waals surface area (Å²) in [4.78, 5) is 0. The number of rotatable bonds is 5. The van der Waals surface area contributed by atoms with Gasteiger partial charge in [0.15, 0.2) is 0 Å². The Morgan fingerprint density at radius 2 is 2.06 bits per heavy atom. The fraction of sp³-hybridized carbons (Fsp3) is 0.600. The van der Waals surface area contributed by atoms with Gasteiger partial charge in [0.25, 0.3) is 0 Å². The van der Waals surface area contributed by atoms with E-state index in [-0.39, 0.29) is 11.6 Å². The second-order valence-corrected chi connectivity index (χ2v) is 5.51. The number of benzene rings is 1. The van der Waals surface area contributed by atoms with E-state index < -0.39 is 0 Å². The third-order valence-electron chi connectivity index (χ3n) is 4.41. The number of nitrogens with one attached hydrogen (secondary N) is 1. The van der Waals surface area contributed by atoms with E-state index in [4.69, 9.17) is 10.6 Å². The average Bonchev–Trinajstić information content (AvgIpc) is 2.33. The van der Waals surface area contributed by atoms with Gasteiger partial charge in [-0.1, -0.05) is 18.2 Å². The van der Waals surface area contributed by atoms with Crippen molar-refractivity contribution in [1.82, 2.24) is 5.43 Å². The molecular formula is C15H24N2O. The van der Waals surface area contributed by atoms with Crippen molar-refractivity contribution < 1.29 is 4.74 Å². The Morgan fingerprint density at radius 1 is 1.33 bits per heavy atom. The van der Waals surface area contributed by atoms with Gasteiger partial charge in [0.2, 0.25) is 0 Å². The third kappa shape index (κ3) is 2.58. The first-order chi connectivity index (χ1) is 8.60. The van der Waals surface area contributed by atoms with Gasteiger partial charge >= 0.3 is 0 Å². The van der Waals surface area contributed by atoms with Gasteiger partial charge in [-0.15, -0.1) is 0 Å². The molecule has 3 N–H and O–H groups in total. The molecule has 18 heavy (non-hydrogen) atoms. The molecule has 100 valence electrons. The van der Waals surface area contributed by atoms with Crippen molar-refractivity contribution in [3.8, 4) is 0 Å².